The summed E-state index contributed by atoms with van der Waals surface area (Å²) in [5.41, 5.74) is 1.70. The quantitative estimate of drug-likeness (QED) is 0.846. The van der Waals surface area contributed by atoms with Crippen molar-refractivity contribution in [3.63, 3.8) is 0 Å². The molecule has 96 valence electrons. The van der Waals surface area contributed by atoms with Gasteiger partial charge in [0.05, 0.1) is 0 Å². The molecule has 0 saturated carbocycles. The van der Waals surface area contributed by atoms with Crippen LogP contribution in [0.4, 0.5) is 4.39 Å². The third-order valence-electron chi connectivity index (χ3n) is 2.83. The zero-order valence-electron chi connectivity index (χ0n) is 10.2. The van der Waals surface area contributed by atoms with Gasteiger partial charge in [-0.05, 0) is 17.2 Å². The first-order valence-corrected chi connectivity index (χ1v) is 5.89. The summed E-state index contributed by atoms with van der Waals surface area (Å²) in [6.45, 7) is 0. The van der Waals surface area contributed by atoms with Crippen LogP contribution in [-0.4, -0.2) is 11.1 Å². The van der Waals surface area contributed by atoms with Crippen LogP contribution in [0.2, 0.25) is 0 Å². The zero-order valence-corrected chi connectivity index (χ0v) is 10.2. The molecule has 0 heterocycles. The van der Waals surface area contributed by atoms with Gasteiger partial charge in [0, 0.05) is 5.92 Å². The van der Waals surface area contributed by atoms with Gasteiger partial charge in [-0.2, -0.15) is 4.39 Å². The van der Waals surface area contributed by atoms with E-state index in [9.17, 15) is 9.18 Å². The Hall–Kier alpha value is -2.42. The topological polar surface area (TPSA) is 37.3 Å². The van der Waals surface area contributed by atoms with Crippen LogP contribution in [0.3, 0.4) is 0 Å². The minimum atomic E-state index is -1.54. The molecule has 0 aliphatic rings. The standard InChI is InChI=1S/C16H13FO2/c17-15(16(18)19)11-14(12-7-3-1-4-8-12)13-9-5-2-6-10-13/h1-11,14H,(H,18,19)/b15-11-. The fourth-order valence-corrected chi connectivity index (χ4v) is 1.92. The Bertz CT molecular complexity index is 537. The van der Waals surface area contributed by atoms with E-state index in [2.05, 4.69) is 0 Å². The van der Waals surface area contributed by atoms with Crippen molar-refractivity contribution in [3.05, 3.63) is 83.7 Å². The largest absolute Gasteiger partial charge is 0.476 e. The third kappa shape index (κ3) is 3.28. The highest BCUT2D eigenvalue weighted by Gasteiger charge is 2.15. The van der Waals surface area contributed by atoms with Crippen molar-refractivity contribution in [1.82, 2.24) is 0 Å². The Morgan fingerprint density at radius 2 is 1.37 bits per heavy atom. The number of allylic oxidation sites excluding steroid dienone is 1. The molecule has 0 radical (unpaired) electrons. The molecular formula is C16H13FO2. The van der Waals surface area contributed by atoms with Crippen molar-refractivity contribution in [1.29, 1.82) is 0 Å². The third-order valence-corrected chi connectivity index (χ3v) is 2.83. The summed E-state index contributed by atoms with van der Waals surface area (Å²) < 4.78 is 13.4. The maximum absolute atomic E-state index is 13.4. The van der Waals surface area contributed by atoms with Gasteiger partial charge in [-0.1, -0.05) is 60.7 Å². The molecule has 0 saturated heterocycles. The van der Waals surface area contributed by atoms with E-state index in [1.165, 1.54) is 0 Å². The lowest BCUT2D eigenvalue weighted by atomic mass is 9.91. The number of rotatable bonds is 4. The highest BCUT2D eigenvalue weighted by molar-refractivity contribution is 5.84. The normalized spacial score (nSPS) is 11.6. The van der Waals surface area contributed by atoms with E-state index in [4.69, 9.17) is 5.11 Å². The van der Waals surface area contributed by atoms with Gasteiger partial charge in [0.25, 0.3) is 0 Å². The molecule has 2 aromatic carbocycles. The van der Waals surface area contributed by atoms with Crippen molar-refractivity contribution in [2.45, 2.75) is 5.92 Å². The van der Waals surface area contributed by atoms with Gasteiger partial charge in [0.1, 0.15) is 0 Å². The van der Waals surface area contributed by atoms with Gasteiger partial charge in [0.15, 0.2) is 0 Å². The van der Waals surface area contributed by atoms with E-state index in [1.54, 1.807) is 0 Å². The highest BCUT2D eigenvalue weighted by atomic mass is 19.1. The maximum atomic E-state index is 13.4. The second-order valence-corrected chi connectivity index (χ2v) is 4.12. The molecule has 2 nitrogen and oxygen atoms in total. The van der Waals surface area contributed by atoms with E-state index >= 15 is 0 Å². The van der Waals surface area contributed by atoms with Crippen LogP contribution >= 0.6 is 0 Å². The van der Waals surface area contributed by atoms with E-state index in [-0.39, 0.29) is 0 Å². The van der Waals surface area contributed by atoms with Crippen LogP contribution in [0, 0.1) is 0 Å². The second kappa shape index (κ2) is 5.96. The van der Waals surface area contributed by atoms with Crippen molar-refractivity contribution in [3.8, 4) is 0 Å². The van der Waals surface area contributed by atoms with Gasteiger partial charge in [-0.25, -0.2) is 4.79 Å². The predicted octanol–water partition coefficient (Wildman–Crippen LogP) is 3.76. The molecule has 0 unspecified atom stereocenters. The number of halogens is 1. The number of hydrogen-bond acceptors (Lipinski definition) is 1. The summed E-state index contributed by atoms with van der Waals surface area (Å²) in [5, 5.41) is 8.68. The lowest BCUT2D eigenvalue weighted by Crippen LogP contribution is -2.02. The summed E-state index contributed by atoms with van der Waals surface area (Å²) >= 11 is 0. The summed E-state index contributed by atoms with van der Waals surface area (Å²) in [5.74, 6) is -3.09. The highest BCUT2D eigenvalue weighted by Crippen LogP contribution is 2.27. The van der Waals surface area contributed by atoms with Crippen LogP contribution in [-0.2, 0) is 4.79 Å². The molecule has 0 bridgehead atoms. The van der Waals surface area contributed by atoms with Crippen molar-refractivity contribution >= 4 is 5.97 Å². The SMILES string of the molecule is O=C(O)/C(F)=C/C(c1ccccc1)c1ccccc1. The van der Waals surface area contributed by atoms with Gasteiger partial charge in [-0.15, -0.1) is 0 Å². The lowest BCUT2D eigenvalue weighted by molar-refractivity contribution is -0.134. The van der Waals surface area contributed by atoms with E-state index in [0.717, 1.165) is 17.2 Å². The van der Waals surface area contributed by atoms with E-state index in [0.29, 0.717) is 0 Å². The molecule has 0 aliphatic carbocycles. The molecule has 2 aromatic rings. The molecule has 3 heteroatoms. The van der Waals surface area contributed by atoms with Gasteiger partial charge >= 0.3 is 5.97 Å². The van der Waals surface area contributed by atoms with Gasteiger partial charge in [0.2, 0.25) is 5.83 Å². The molecule has 0 fully saturated rings. The summed E-state index contributed by atoms with van der Waals surface area (Å²) in [4.78, 5) is 10.7. The number of carbonyl (C=O) groups is 1. The van der Waals surface area contributed by atoms with E-state index < -0.39 is 17.7 Å². The number of carboxylic acids is 1. The summed E-state index contributed by atoms with van der Waals surface area (Å²) in [6, 6.07) is 18.5. The van der Waals surface area contributed by atoms with Gasteiger partial charge in [-0.3, -0.25) is 0 Å². The molecule has 0 atom stereocenters. The Morgan fingerprint density at radius 3 is 1.74 bits per heavy atom. The van der Waals surface area contributed by atoms with E-state index in [1.807, 2.05) is 60.7 Å². The molecule has 2 rings (SSSR count). The first-order chi connectivity index (χ1) is 9.18. The molecular weight excluding hydrogens is 243 g/mol. The zero-order chi connectivity index (χ0) is 13.7. The van der Waals surface area contributed by atoms with Crippen LogP contribution in [0.15, 0.2) is 72.6 Å². The van der Waals surface area contributed by atoms with Crippen LogP contribution < -0.4 is 0 Å². The fourth-order valence-electron chi connectivity index (χ4n) is 1.92. The molecule has 1 N–H and O–H groups in total. The molecule has 0 aromatic heterocycles. The monoisotopic (exact) mass is 256 g/mol. The summed E-state index contributed by atoms with van der Waals surface area (Å²) in [6.07, 6.45) is 1.13. The molecule has 0 amide bonds. The molecule has 0 spiro atoms. The van der Waals surface area contributed by atoms with Crippen LogP contribution in [0.1, 0.15) is 17.0 Å². The Labute approximate surface area is 110 Å². The lowest BCUT2D eigenvalue weighted by Gasteiger charge is -2.13. The van der Waals surface area contributed by atoms with Crippen LogP contribution in [0.25, 0.3) is 0 Å². The van der Waals surface area contributed by atoms with Crippen molar-refractivity contribution in [2.75, 3.05) is 0 Å². The second-order valence-electron chi connectivity index (χ2n) is 4.12. The van der Waals surface area contributed by atoms with Crippen molar-refractivity contribution < 1.29 is 14.3 Å². The Balaban J connectivity index is 2.46. The first-order valence-electron chi connectivity index (χ1n) is 5.89. The smallest absolute Gasteiger partial charge is 0.364 e. The Kier molecular flexibility index (Phi) is 4.08. The first kappa shape index (κ1) is 13.0. The molecule has 19 heavy (non-hydrogen) atoms. The summed E-state index contributed by atoms with van der Waals surface area (Å²) in [7, 11) is 0. The minimum absolute atomic E-state index is 0.404. The average Bonchev–Trinajstić information content (AvgIpc) is 2.46. The average molecular weight is 256 g/mol. The van der Waals surface area contributed by atoms with Crippen LogP contribution in [0.5, 0.6) is 0 Å². The maximum Gasteiger partial charge on any atom is 0.364 e. The molecule has 0 aliphatic heterocycles. The predicted molar refractivity (Wildman–Crippen MR) is 71.6 cm³/mol. The van der Waals surface area contributed by atoms with Crippen molar-refractivity contribution in [2.24, 2.45) is 0 Å². The number of benzene rings is 2. The van der Waals surface area contributed by atoms with Gasteiger partial charge < -0.3 is 5.11 Å². The fraction of sp³-hybridized carbons (Fsp3) is 0.0625. The Morgan fingerprint density at radius 1 is 0.947 bits per heavy atom. The number of aliphatic carboxylic acids is 1. The minimum Gasteiger partial charge on any atom is -0.476 e. The number of hydrogen-bond donors (Lipinski definition) is 1. The number of carboxylic acid groups (broad SMARTS) is 1.